The largest absolute Gasteiger partial charge is 0.573 e. The van der Waals surface area contributed by atoms with Gasteiger partial charge in [0.15, 0.2) is 0 Å². The number of hydrogen-bond donors (Lipinski definition) is 1. The van der Waals surface area contributed by atoms with Gasteiger partial charge in [-0.05, 0) is 42.3 Å². The summed E-state index contributed by atoms with van der Waals surface area (Å²) in [7, 11) is 0. The van der Waals surface area contributed by atoms with Gasteiger partial charge in [0.1, 0.15) is 18.1 Å². The molecule has 1 aliphatic heterocycles. The van der Waals surface area contributed by atoms with Gasteiger partial charge in [0.05, 0.1) is 18.7 Å². The number of carbonyl (C=O) groups excluding carboxylic acids is 2. The number of ether oxygens (including phenoxy) is 3. The average Bonchev–Trinajstić information content (AvgIpc) is 2.86. The van der Waals surface area contributed by atoms with Gasteiger partial charge in [-0.1, -0.05) is 18.2 Å². The molecule has 10 heteroatoms. The highest BCUT2D eigenvalue weighted by Gasteiger charge is 2.31. The maximum atomic E-state index is 13.0. The molecule has 0 saturated carbocycles. The number of nitrogens with zero attached hydrogens (tertiary/aromatic N) is 1. The van der Waals surface area contributed by atoms with Gasteiger partial charge < -0.3 is 24.4 Å². The van der Waals surface area contributed by atoms with Gasteiger partial charge in [-0.15, -0.1) is 13.2 Å². The van der Waals surface area contributed by atoms with Crippen LogP contribution in [0.3, 0.4) is 0 Å². The molecule has 1 aliphatic rings. The quantitative estimate of drug-likeness (QED) is 0.742. The van der Waals surface area contributed by atoms with Crippen molar-refractivity contribution in [3.63, 3.8) is 0 Å². The van der Waals surface area contributed by atoms with E-state index >= 15 is 0 Å². The summed E-state index contributed by atoms with van der Waals surface area (Å²) >= 11 is 0. The minimum Gasteiger partial charge on any atom is -0.491 e. The van der Waals surface area contributed by atoms with Crippen molar-refractivity contribution in [1.29, 1.82) is 0 Å². The molecule has 2 amide bonds. The Bertz CT molecular complexity index is 932. The highest BCUT2D eigenvalue weighted by Crippen LogP contribution is 2.31. The van der Waals surface area contributed by atoms with Gasteiger partial charge in [-0.3, -0.25) is 4.79 Å². The highest BCUT2D eigenvalue weighted by atomic mass is 19.4. The molecule has 3 rings (SSSR count). The van der Waals surface area contributed by atoms with Crippen molar-refractivity contribution >= 4 is 12.0 Å². The van der Waals surface area contributed by atoms with Crippen LogP contribution in [0, 0.1) is 0 Å². The fourth-order valence-corrected chi connectivity index (χ4v) is 3.08. The van der Waals surface area contributed by atoms with E-state index in [1.165, 1.54) is 24.3 Å². The van der Waals surface area contributed by atoms with E-state index in [0.29, 0.717) is 35.6 Å². The number of fused-ring (bicyclic) bond motifs is 1. The lowest BCUT2D eigenvalue weighted by Gasteiger charge is -2.20. The monoisotopic (exact) mass is 438 g/mol. The molecule has 0 aromatic heterocycles. The Kier molecular flexibility index (Phi) is 6.88. The molecule has 1 heterocycles. The van der Waals surface area contributed by atoms with Gasteiger partial charge in [0.25, 0.3) is 5.91 Å². The van der Waals surface area contributed by atoms with Crippen LogP contribution in [0.15, 0.2) is 42.5 Å². The summed E-state index contributed by atoms with van der Waals surface area (Å²) in [5.74, 6) is -0.172. The predicted octanol–water partition coefficient (Wildman–Crippen LogP) is 3.83. The molecule has 31 heavy (non-hydrogen) atoms. The molecule has 0 aliphatic carbocycles. The van der Waals surface area contributed by atoms with Crippen LogP contribution in [-0.2, 0) is 4.74 Å². The molecule has 0 fully saturated rings. The fourth-order valence-electron chi connectivity index (χ4n) is 3.08. The van der Waals surface area contributed by atoms with E-state index < -0.39 is 12.5 Å². The van der Waals surface area contributed by atoms with Crippen LogP contribution in [-0.4, -0.2) is 56.1 Å². The molecule has 1 N–H and O–H groups in total. The zero-order chi connectivity index (χ0) is 22.4. The zero-order valence-corrected chi connectivity index (χ0v) is 16.7. The number of benzene rings is 2. The Morgan fingerprint density at radius 2 is 1.87 bits per heavy atom. The topological polar surface area (TPSA) is 77.1 Å². The molecule has 0 atom stereocenters. The van der Waals surface area contributed by atoms with Crippen LogP contribution < -0.4 is 14.8 Å². The van der Waals surface area contributed by atoms with E-state index in [0.717, 1.165) is 0 Å². The number of alkyl carbamates (subject to hydrolysis) is 1. The van der Waals surface area contributed by atoms with Crippen LogP contribution in [0.4, 0.5) is 18.0 Å². The SMILES string of the molecule is CCOC(=O)NCCN1CCOc2ccc(-c3ccc(OC(F)(F)F)cc3)cc2C1=O. The number of amides is 2. The maximum absolute atomic E-state index is 13.0. The Morgan fingerprint density at radius 1 is 1.16 bits per heavy atom. The van der Waals surface area contributed by atoms with Gasteiger partial charge in [-0.2, -0.15) is 0 Å². The van der Waals surface area contributed by atoms with E-state index in [4.69, 9.17) is 9.47 Å². The maximum Gasteiger partial charge on any atom is 0.573 e. The second-order valence-corrected chi connectivity index (χ2v) is 6.57. The van der Waals surface area contributed by atoms with Gasteiger partial charge in [0, 0.05) is 13.1 Å². The highest BCUT2D eigenvalue weighted by molar-refractivity contribution is 5.98. The van der Waals surface area contributed by atoms with Crippen LogP contribution >= 0.6 is 0 Å². The van der Waals surface area contributed by atoms with E-state index in [1.54, 1.807) is 30.0 Å². The first-order chi connectivity index (χ1) is 14.8. The van der Waals surface area contributed by atoms with Crippen molar-refractivity contribution in [2.24, 2.45) is 0 Å². The second-order valence-electron chi connectivity index (χ2n) is 6.57. The summed E-state index contributed by atoms with van der Waals surface area (Å²) in [6.45, 7) is 3.08. The summed E-state index contributed by atoms with van der Waals surface area (Å²) in [6, 6.07) is 10.4. The normalized spacial score (nSPS) is 13.7. The number of hydrogen-bond acceptors (Lipinski definition) is 5. The van der Waals surface area contributed by atoms with Crippen LogP contribution in [0.5, 0.6) is 11.5 Å². The molecule has 166 valence electrons. The van der Waals surface area contributed by atoms with Crippen molar-refractivity contribution in [2.75, 3.05) is 32.8 Å². The number of nitrogens with one attached hydrogen (secondary N) is 1. The lowest BCUT2D eigenvalue weighted by Crippen LogP contribution is -2.39. The van der Waals surface area contributed by atoms with Gasteiger partial charge in [-0.25, -0.2) is 4.79 Å². The summed E-state index contributed by atoms with van der Waals surface area (Å²) in [6.07, 6.45) is -5.32. The summed E-state index contributed by atoms with van der Waals surface area (Å²) in [5.41, 5.74) is 1.59. The van der Waals surface area contributed by atoms with E-state index in [9.17, 15) is 22.8 Å². The Balaban J connectivity index is 1.74. The average molecular weight is 438 g/mol. The first kappa shape index (κ1) is 22.3. The molecule has 0 saturated heterocycles. The van der Waals surface area contributed by atoms with Gasteiger partial charge >= 0.3 is 12.5 Å². The predicted molar refractivity (Wildman–Crippen MR) is 105 cm³/mol. The first-order valence-corrected chi connectivity index (χ1v) is 9.60. The third-order valence-electron chi connectivity index (χ3n) is 4.46. The van der Waals surface area contributed by atoms with Crippen LogP contribution in [0.2, 0.25) is 0 Å². The fraction of sp³-hybridized carbons (Fsp3) is 0.333. The summed E-state index contributed by atoms with van der Waals surface area (Å²) in [5, 5.41) is 2.57. The molecule has 2 aromatic carbocycles. The smallest absolute Gasteiger partial charge is 0.491 e. The van der Waals surface area contributed by atoms with Crippen molar-refractivity contribution in [2.45, 2.75) is 13.3 Å². The minimum atomic E-state index is -4.76. The van der Waals surface area contributed by atoms with E-state index in [-0.39, 0.29) is 31.4 Å². The van der Waals surface area contributed by atoms with Crippen molar-refractivity contribution in [3.8, 4) is 22.6 Å². The molecule has 0 radical (unpaired) electrons. The van der Waals surface area contributed by atoms with Crippen molar-refractivity contribution in [1.82, 2.24) is 10.2 Å². The number of carbonyl (C=O) groups is 2. The lowest BCUT2D eigenvalue weighted by atomic mass is 10.0. The summed E-state index contributed by atoms with van der Waals surface area (Å²) in [4.78, 5) is 25.9. The second kappa shape index (κ2) is 9.59. The van der Waals surface area contributed by atoms with Crippen molar-refractivity contribution < 1.29 is 37.0 Å². The molecular formula is C21H21F3N2O5. The molecule has 2 aromatic rings. The molecular weight excluding hydrogens is 417 g/mol. The molecule has 0 bridgehead atoms. The van der Waals surface area contributed by atoms with Crippen molar-refractivity contribution in [3.05, 3.63) is 48.0 Å². The summed E-state index contributed by atoms with van der Waals surface area (Å²) < 4.78 is 51.3. The minimum absolute atomic E-state index is 0.222. The lowest BCUT2D eigenvalue weighted by molar-refractivity contribution is -0.274. The molecule has 0 spiro atoms. The Morgan fingerprint density at radius 3 is 2.55 bits per heavy atom. The van der Waals surface area contributed by atoms with E-state index in [1.807, 2.05) is 0 Å². The first-order valence-electron chi connectivity index (χ1n) is 9.60. The number of halogens is 3. The Labute approximate surface area is 176 Å². The molecule has 7 nitrogen and oxygen atoms in total. The van der Waals surface area contributed by atoms with Crippen LogP contribution in [0.25, 0.3) is 11.1 Å². The third-order valence-corrected chi connectivity index (χ3v) is 4.46. The number of rotatable bonds is 6. The van der Waals surface area contributed by atoms with E-state index in [2.05, 4.69) is 10.1 Å². The third kappa shape index (κ3) is 6.03. The van der Waals surface area contributed by atoms with Gasteiger partial charge in [0.2, 0.25) is 0 Å². The zero-order valence-electron chi connectivity index (χ0n) is 16.7. The molecule has 0 unspecified atom stereocenters. The standard InChI is InChI=1S/C21H21F3N2O5/c1-2-29-20(28)25-9-10-26-11-12-30-18-8-5-15(13-17(18)19(26)27)14-3-6-16(7-4-14)31-21(22,23)24/h3-8,13H,2,9-12H2,1H3,(H,25,28). The van der Waals surface area contributed by atoms with Crippen LogP contribution in [0.1, 0.15) is 17.3 Å². The number of alkyl halides is 3. The Hall–Kier alpha value is -3.43.